The van der Waals surface area contributed by atoms with Gasteiger partial charge in [-0.15, -0.1) is 0 Å². The minimum Gasteiger partial charge on any atom is -0.506 e. The number of halogens is 2. The molecule has 2 aromatic heterocycles. The molecular weight excluding hydrogens is 305 g/mol. The van der Waals surface area contributed by atoms with Gasteiger partial charge in [-0.05, 0) is 34.1 Å². The van der Waals surface area contributed by atoms with E-state index in [1.807, 2.05) is 6.07 Å². The summed E-state index contributed by atoms with van der Waals surface area (Å²) in [5.74, 6) is 0.157. The van der Waals surface area contributed by atoms with Crippen LogP contribution >= 0.6 is 27.5 Å². The lowest BCUT2D eigenvalue weighted by molar-refractivity contribution is 0.472. The molecule has 0 aliphatic heterocycles. The standard InChI is InChI=1S/C11H9BrClN3O/c12-10-3-8(5-16-11(10)13)14-4-7-1-2-9(17)6-15-7/h1-3,5-6,14,17H,4H2. The molecule has 0 amide bonds. The molecule has 0 aliphatic carbocycles. The number of rotatable bonds is 3. The van der Waals surface area contributed by atoms with Gasteiger partial charge in [-0.1, -0.05) is 11.6 Å². The Hall–Kier alpha value is -1.33. The summed E-state index contributed by atoms with van der Waals surface area (Å²) in [6.45, 7) is 0.552. The van der Waals surface area contributed by atoms with E-state index >= 15 is 0 Å². The molecule has 4 nitrogen and oxygen atoms in total. The van der Waals surface area contributed by atoms with Gasteiger partial charge >= 0.3 is 0 Å². The second-order valence-corrected chi connectivity index (χ2v) is 4.57. The van der Waals surface area contributed by atoms with E-state index in [9.17, 15) is 0 Å². The van der Waals surface area contributed by atoms with Crippen molar-refractivity contribution in [1.29, 1.82) is 0 Å². The molecule has 6 heteroatoms. The molecule has 0 aromatic carbocycles. The van der Waals surface area contributed by atoms with Gasteiger partial charge in [0.15, 0.2) is 0 Å². The molecular formula is C11H9BrClN3O. The van der Waals surface area contributed by atoms with Crippen LogP contribution in [0.5, 0.6) is 5.75 Å². The topological polar surface area (TPSA) is 58.0 Å². The van der Waals surface area contributed by atoms with Crippen molar-refractivity contribution in [2.45, 2.75) is 6.54 Å². The summed E-state index contributed by atoms with van der Waals surface area (Å²) in [5, 5.41) is 12.7. The van der Waals surface area contributed by atoms with Crippen LogP contribution in [0.4, 0.5) is 5.69 Å². The summed E-state index contributed by atoms with van der Waals surface area (Å²) < 4.78 is 0.739. The molecule has 17 heavy (non-hydrogen) atoms. The van der Waals surface area contributed by atoms with Gasteiger partial charge in [-0.25, -0.2) is 4.98 Å². The summed E-state index contributed by atoms with van der Waals surface area (Å²) in [6, 6.07) is 5.19. The molecule has 2 N–H and O–H groups in total. The van der Waals surface area contributed by atoms with Gasteiger partial charge in [-0.2, -0.15) is 0 Å². The van der Waals surface area contributed by atoms with Crippen LogP contribution in [0, 0.1) is 0 Å². The Morgan fingerprint density at radius 1 is 1.29 bits per heavy atom. The summed E-state index contributed by atoms with van der Waals surface area (Å²) in [7, 11) is 0. The highest BCUT2D eigenvalue weighted by Crippen LogP contribution is 2.23. The van der Waals surface area contributed by atoms with Gasteiger partial charge in [-0.3, -0.25) is 4.98 Å². The first kappa shape index (κ1) is 12.1. The fraction of sp³-hybridized carbons (Fsp3) is 0.0909. The number of aromatic hydroxyl groups is 1. The number of hydrogen-bond donors (Lipinski definition) is 2. The molecule has 0 spiro atoms. The highest BCUT2D eigenvalue weighted by atomic mass is 79.9. The average molecular weight is 315 g/mol. The summed E-state index contributed by atoms with van der Waals surface area (Å²) in [6.07, 6.45) is 3.06. The molecule has 2 rings (SSSR count). The van der Waals surface area contributed by atoms with Crippen LogP contribution in [0.3, 0.4) is 0 Å². The normalized spacial score (nSPS) is 10.2. The van der Waals surface area contributed by atoms with Crippen LogP contribution in [0.15, 0.2) is 35.1 Å². The first-order chi connectivity index (χ1) is 8.15. The largest absolute Gasteiger partial charge is 0.506 e. The zero-order chi connectivity index (χ0) is 12.3. The van der Waals surface area contributed by atoms with Crippen LogP contribution in [-0.2, 0) is 6.54 Å². The van der Waals surface area contributed by atoms with Crippen molar-refractivity contribution >= 4 is 33.2 Å². The van der Waals surface area contributed by atoms with Crippen LogP contribution in [-0.4, -0.2) is 15.1 Å². The highest BCUT2D eigenvalue weighted by Gasteiger charge is 2.01. The second-order valence-electron chi connectivity index (χ2n) is 3.36. The van der Waals surface area contributed by atoms with Crippen LogP contribution in [0.25, 0.3) is 0 Å². The van der Waals surface area contributed by atoms with Gasteiger partial charge in [0.05, 0.1) is 34.8 Å². The van der Waals surface area contributed by atoms with Crippen molar-refractivity contribution in [1.82, 2.24) is 9.97 Å². The average Bonchev–Trinajstić information content (AvgIpc) is 2.33. The maximum atomic E-state index is 9.10. The molecule has 0 radical (unpaired) electrons. The number of pyridine rings is 2. The SMILES string of the molecule is Oc1ccc(CNc2cnc(Cl)c(Br)c2)nc1. The summed E-state index contributed by atoms with van der Waals surface area (Å²) in [4.78, 5) is 8.06. The van der Waals surface area contributed by atoms with Crippen molar-refractivity contribution in [2.24, 2.45) is 0 Å². The zero-order valence-electron chi connectivity index (χ0n) is 8.69. The minimum atomic E-state index is 0.157. The Morgan fingerprint density at radius 3 is 2.76 bits per heavy atom. The fourth-order valence-corrected chi connectivity index (χ4v) is 1.68. The number of nitrogens with zero attached hydrogens (tertiary/aromatic N) is 2. The van der Waals surface area contributed by atoms with E-state index in [4.69, 9.17) is 16.7 Å². The van der Waals surface area contributed by atoms with Crippen LogP contribution in [0.2, 0.25) is 5.15 Å². The van der Waals surface area contributed by atoms with E-state index in [2.05, 4.69) is 31.2 Å². The summed E-state index contributed by atoms with van der Waals surface area (Å²) >= 11 is 9.09. The van der Waals surface area contributed by atoms with Crippen molar-refractivity contribution in [3.8, 4) is 5.75 Å². The Kier molecular flexibility index (Phi) is 3.81. The lowest BCUT2D eigenvalue weighted by Gasteiger charge is -2.06. The molecule has 2 aromatic rings. The lowest BCUT2D eigenvalue weighted by atomic mass is 10.3. The third-order valence-corrected chi connectivity index (χ3v) is 3.21. The minimum absolute atomic E-state index is 0.157. The fourth-order valence-electron chi connectivity index (χ4n) is 1.23. The molecule has 0 aliphatic rings. The van der Waals surface area contributed by atoms with Crippen LogP contribution < -0.4 is 5.32 Å². The number of nitrogens with one attached hydrogen (secondary N) is 1. The third-order valence-electron chi connectivity index (χ3n) is 2.08. The van der Waals surface area contributed by atoms with Crippen molar-refractivity contribution < 1.29 is 5.11 Å². The second kappa shape index (κ2) is 5.33. The molecule has 2 heterocycles. The van der Waals surface area contributed by atoms with Gasteiger partial charge in [0.1, 0.15) is 10.9 Å². The van der Waals surface area contributed by atoms with Crippen molar-refractivity contribution in [2.75, 3.05) is 5.32 Å². The molecule has 88 valence electrons. The predicted molar refractivity (Wildman–Crippen MR) is 70.2 cm³/mol. The van der Waals surface area contributed by atoms with Crippen molar-refractivity contribution in [3.63, 3.8) is 0 Å². The van der Waals surface area contributed by atoms with E-state index in [-0.39, 0.29) is 5.75 Å². The maximum Gasteiger partial charge on any atom is 0.143 e. The molecule has 0 unspecified atom stereocenters. The van der Waals surface area contributed by atoms with E-state index in [1.165, 1.54) is 6.20 Å². The molecule has 0 saturated heterocycles. The maximum absolute atomic E-state index is 9.10. The lowest BCUT2D eigenvalue weighted by Crippen LogP contribution is -2.01. The first-order valence-corrected chi connectivity index (χ1v) is 6.01. The quantitative estimate of drug-likeness (QED) is 0.854. The Labute approximate surface area is 112 Å². The van der Waals surface area contributed by atoms with E-state index in [0.29, 0.717) is 11.7 Å². The molecule has 0 atom stereocenters. The predicted octanol–water partition coefficient (Wildman–Crippen LogP) is 3.21. The van der Waals surface area contributed by atoms with E-state index in [1.54, 1.807) is 18.3 Å². The molecule has 0 saturated carbocycles. The van der Waals surface area contributed by atoms with Gasteiger partial charge in [0, 0.05) is 0 Å². The third kappa shape index (κ3) is 3.31. The van der Waals surface area contributed by atoms with Gasteiger partial charge < -0.3 is 10.4 Å². The first-order valence-electron chi connectivity index (χ1n) is 4.84. The smallest absolute Gasteiger partial charge is 0.143 e. The highest BCUT2D eigenvalue weighted by molar-refractivity contribution is 9.10. The Bertz CT molecular complexity index is 519. The van der Waals surface area contributed by atoms with E-state index in [0.717, 1.165) is 15.9 Å². The van der Waals surface area contributed by atoms with Crippen LogP contribution in [0.1, 0.15) is 5.69 Å². The van der Waals surface area contributed by atoms with Gasteiger partial charge in [0.25, 0.3) is 0 Å². The summed E-state index contributed by atoms with van der Waals surface area (Å²) in [5.41, 5.74) is 1.67. The zero-order valence-corrected chi connectivity index (χ0v) is 11.0. The Morgan fingerprint density at radius 2 is 2.12 bits per heavy atom. The van der Waals surface area contributed by atoms with Gasteiger partial charge in [0.2, 0.25) is 0 Å². The monoisotopic (exact) mass is 313 g/mol. The van der Waals surface area contributed by atoms with Crippen molar-refractivity contribution in [3.05, 3.63) is 45.9 Å². The molecule has 0 fully saturated rings. The van der Waals surface area contributed by atoms with E-state index < -0.39 is 0 Å². The number of anilines is 1. The number of hydrogen-bond acceptors (Lipinski definition) is 4. The molecule has 0 bridgehead atoms. The number of aromatic nitrogens is 2. The Balaban J connectivity index is 2.02.